The van der Waals surface area contributed by atoms with Crippen LogP contribution in [0, 0.1) is 0 Å². The van der Waals surface area contributed by atoms with Crippen molar-refractivity contribution < 1.29 is 52.2 Å². The zero-order valence-corrected chi connectivity index (χ0v) is 15.3. The maximum atomic E-state index is 11.3. The second kappa shape index (κ2) is 12.4. The molecule has 0 aromatic heterocycles. The van der Waals surface area contributed by atoms with Gasteiger partial charge in [0.05, 0.1) is 0 Å². The van der Waals surface area contributed by atoms with E-state index in [0.29, 0.717) is 12.0 Å². The number of aryl methyl sites for hydroxylation is 1. The van der Waals surface area contributed by atoms with Gasteiger partial charge in [0, 0.05) is 34.1 Å². The summed E-state index contributed by atoms with van der Waals surface area (Å²) in [7, 11) is -4.37. The average molecular weight is 428 g/mol. The van der Waals surface area contributed by atoms with Gasteiger partial charge < -0.3 is 5.11 Å². The molecule has 1 rings (SSSR count). The van der Waals surface area contributed by atoms with Crippen molar-refractivity contribution in [2.24, 2.45) is 0 Å². The molecule has 0 saturated heterocycles. The van der Waals surface area contributed by atoms with Crippen LogP contribution in [0.2, 0.25) is 0 Å². The summed E-state index contributed by atoms with van der Waals surface area (Å²) >= 11 is 0. The van der Waals surface area contributed by atoms with Crippen LogP contribution < -0.4 is 0 Å². The first-order valence-corrected chi connectivity index (χ1v) is 8.69. The Morgan fingerprint density at radius 1 is 0.955 bits per heavy atom. The third kappa shape index (κ3) is 8.56. The Morgan fingerprint density at radius 2 is 1.50 bits per heavy atom. The molecule has 0 bridgehead atoms. The molecule has 136 valence electrons. The van der Waals surface area contributed by atoms with Crippen LogP contribution >= 0.6 is 0 Å². The SMILES string of the molecule is CCCCCCCCCc1cccc(O)c1S(=O)(=O)O.[Cu].[Cu]. The van der Waals surface area contributed by atoms with E-state index >= 15 is 0 Å². The Kier molecular flexibility index (Phi) is 13.7. The second-order valence-corrected chi connectivity index (χ2v) is 6.47. The molecular formula is C15H24Cu2O4S. The van der Waals surface area contributed by atoms with Crippen molar-refractivity contribution >= 4 is 10.1 Å². The molecule has 4 nitrogen and oxygen atoms in total. The Morgan fingerprint density at radius 3 is 2.05 bits per heavy atom. The molecule has 22 heavy (non-hydrogen) atoms. The van der Waals surface area contributed by atoms with E-state index in [4.69, 9.17) is 4.55 Å². The van der Waals surface area contributed by atoms with Gasteiger partial charge in [-0.25, -0.2) is 0 Å². The van der Waals surface area contributed by atoms with E-state index < -0.39 is 10.1 Å². The number of hydrogen-bond acceptors (Lipinski definition) is 3. The molecule has 0 spiro atoms. The van der Waals surface area contributed by atoms with Crippen LogP contribution in [-0.4, -0.2) is 18.1 Å². The molecule has 0 heterocycles. The fourth-order valence-corrected chi connectivity index (χ4v) is 3.17. The van der Waals surface area contributed by atoms with Crippen LogP contribution in [0.1, 0.15) is 57.4 Å². The van der Waals surface area contributed by atoms with Crippen molar-refractivity contribution in [2.45, 2.75) is 63.2 Å². The largest absolute Gasteiger partial charge is 0.506 e. The summed E-state index contributed by atoms with van der Waals surface area (Å²) < 4.78 is 31.7. The molecule has 0 amide bonds. The van der Waals surface area contributed by atoms with Crippen molar-refractivity contribution in [3.63, 3.8) is 0 Å². The minimum Gasteiger partial charge on any atom is -0.506 e. The third-order valence-electron chi connectivity index (χ3n) is 3.38. The molecule has 1 aromatic carbocycles. The molecule has 2 radical (unpaired) electrons. The smallest absolute Gasteiger partial charge is 0.298 e. The second-order valence-electron chi connectivity index (χ2n) is 5.11. The zero-order chi connectivity index (χ0) is 15.0. The standard InChI is InChI=1S/C15H24O4S.2Cu/c1-2-3-4-5-6-7-8-10-13-11-9-12-14(16)15(13)20(17,18)19;;/h9,11-12,16H,2-8,10H2,1H3,(H,17,18,19);;. The molecule has 0 unspecified atom stereocenters. The summed E-state index contributed by atoms with van der Waals surface area (Å²) in [6.07, 6.45) is 8.53. The summed E-state index contributed by atoms with van der Waals surface area (Å²) in [6, 6.07) is 4.51. The monoisotopic (exact) mass is 426 g/mol. The van der Waals surface area contributed by atoms with Crippen LogP contribution in [-0.2, 0) is 50.7 Å². The molecule has 0 aliphatic carbocycles. The van der Waals surface area contributed by atoms with E-state index in [2.05, 4.69) is 6.92 Å². The van der Waals surface area contributed by atoms with Crippen LogP contribution in [0.3, 0.4) is 0 Å². The maximum Gasteiger partial charge on any atom is 0.298 e. The third-order valence-corrected chi connectivity index (χ3v) is 4.37. The maximum absolute atomic E-state index is 11.3. The van der Waals surface area contributed by atoms with Gasteiger partial charge in [0.25, 0.3) is 10.1 Å². The van der Waals surface area contributed by atoms with Gasteiger partial charge in [-0.3, -0.25) is 4.55 Å². The summed E-state index contributed by atoms with van der Waals surface area (Å²) in [5, 5.41) is 9.59. The van der Waals surface area contributed by atoms with Gasteiger partial charge in [-0.1, -0.05) is 57.6 Å². The number of aromatic hydroxyl groups is 1. The number of hydrogen-bond donors (Lipinski definition) is 2. The molecule has 2 N–H and O–H groups in total. The first kappa shape index (κ1) is 24.2. The number of unbranched alkanes of at least 4 members (excludes halogenated alkanes) is 6. The Hall–Kier alpha value is -0.0310. The minimum absolute atomic E-state index is 0. The number of phenolic OH excluding ortho intramolecular Hbond substituents is 1. The van der Waals surface area contributed by atoms with Gasteiger partial charge >= 0.3 is 0 Å². The number of rotatable bonds is 9. The Balaban J connectivity index is 0. The van der Waals surface area contributed by atoms with E-state index in [1.807, 2.05) is 0 Å². The molecule has 7 heteroatoms. The van der Waals surface area contributed by atoms with E-state index in [9.17, 15) is 13.5 Å². The van der Waals surface area contributed by atoms with Crippen molar-refractivity contribution in [1.82, 2.24) is 0 Å². The Labute approximate surface area is 154 Å². The first-order valence-electron chi connectivity index (χ1n) is 7.25. The zero-order valence-electron chi connectivity index (χ0n) is 12.6. The summed E-state index contributed by atoms with van der Waals surface area (Å²) in [6.45, 7) is 2.18. The van der Waals surface area contributed by atoms with Gasteiger partial charge in [0.2, 0.25) is 0 Å². The topological polar surface area (TPSA) is 74.6 Å². The quantitative estimate of drug-likeness (QED) is 0.356. The fraction of sp³-hybridized carbons (Fsp3) is 0.600. The predicted octanol–water partition coefficient (Wildman–Crippen LogP) is 3.93. The van der Waals surface area contributed by atoms with Crippen LogP contribution in [0.4, 0.5) is 0 Å². The molecule has 0 aliphatic rings. The summed E-state index contributed by atoms with van der Waals surface area (Å²) in [5.41, 5.74) is 0.487. The summed E-state index contributed by atoms with van der Waals surface area (Å²) in [5.74, 6) is -0.382. The van der Waals surface area contributed by atoms with E-state index in [0.717, 1.165) is 19.3 Å². The van der Waals surface area contributed by atoms with Gasteiger partial charge in [-0.15, -0.1) is 0 Å². The van der Waals surface area contributed by atoms with Crippen LogP contribution in [0.25, 0.3) is 0 Å². The molecule has 0 saturated carbocycles. The Bertz CT molecular complexity index is 518. The number of phenols is 1. The normalized spacial score (nSPS) is 10.6. The summed E-state index contributed by atoms with van der Waals surface area (Å²) in [4.78, 5) is -0.342. The fourth-order valence-electron chi connectivity index (χ4n) is 2.34. The van der Waals surface area contributed by atoms with E-state index in [1.54, 1.807) is 12.1 Å². The first-order chi connectivity index (χ1) is 9.46. The van der Waals surface area contributed by atoms with Crippen molar-refractivity contribution in [3.8, 4) is 5.75 Å². The molecular weight excluding hydrogens is 403 g/mol. The van der Waals surface area contributed by atoms with Gasteiger partial charge in [0.15, 0.2) is 0 Å². The predicted molar refractivity (Wildman–Crippen MR) is 79.6 cm³/mol. The van der Waals surface area contributed by atoms with Crippen LogP contribution in [0.15, 0.2) is 23.1 Å². The number of benzene rings is 1. The van der Waals surface area contributed by atoms with Gasteiger partial charge in [-0.2, -0.15) is 8.42 Å². The van der Waals surface area contributed by atoms with Crippen LogP contribution in [0.5, 0.6) is 5.75 Å². The van der Waals surface area contributed by atoms with Gasteiger partial charge in [-0.05, 0) is 24.5 Å². The van der Waals surface area contributed by atoms with E-state index in [-0.39, 0.29) is 44.8 Å². The van der Waals surface area contributed by atoms with Crippen molar-refractivity contribution in [3.05, 3.63) is 23.8 Å². The van der Waals surface area contributed by atoms with Crippen molar-refractivity contribution in [2.75, 3.05) is 0 Å². The average Bonchev–Trinajstić information content (AvgIpc) is 2.36. The molecule has 1 aromatic rings. The minimum atomic E-state index is -4.37. The van der Waals surface area contributed by atoms with E-state index in [1.165, 1.54) is 31.7 Å². The van der Waals surface area contributed by atoms with Crippen molar-refractivity contribution in [1.29, 1.82) is 0 Å². The van der Waals surface area contributed by atoms with Gasteiger partial charge in [0.1, 0.15) is 10.6 Å². The molecule has 0 fully saturated rings. The molecule has 0 atom stereocenters. The molecule has 0 aliphatic heterocycles.